The number of rotatable bonds is 8. The van der Waals surface area contributed by atoms with Crippen LogP contribution in [0.4, 0.5) is 0 Å². The second-order valence-corrected chi connectivity index (χ2v) is 6.32. The molecule has 0 bridgehead atoms. The van der Waals surface area contributed by atoms with Crippen LogP contribution in [0.3, 0.4) is 0 Å². The summed E-state index contributed by atoms with van der Waals surface area (Å²) in [5, 5.41) is 4.11. The molecule has 2 aromatic rings. The molecule has 0 saturated carbocycles. The lowest BCUT2D eigenvalue weighted by Gasteiger charge is -2.24. The van der Waals surface area contributed by atoms with Crippen LogP contribution in [-0.4, -0.2) is 35.6 Å². The van der Waals surface area contributed by atoms with E-state index < -0.39 is 6.04 Å². The van der Waals surface area contributed by atoms with Crippen LogP contribution in [0.1, 0.15) is 32.4 Å². The summed E-state index contributed by atoms with van der Waals surface area (Å²) in [5.41, 5.74) is 7.89. The molecule has 1 heterocycles. The first-order valence-electron chi connectivity index (χ1n) is 8.54. The smallest absolute Gasteiger partial charge is 0.239 e. The lowest BCUT2D eigenvalue weighted by atomic mass is 9.99. The summed E-state index contributed by atoms with van der Waals surface area (Å²) in [6.07, 6.45) is 2.47. The number of aryl methyl sites for hydroxylation is 1. The van der Waals surface area contributed by atoms with E-state index in [1.165, 1.54) is 0 Å². The van der Waals surface area contributed by atoms with Gasteiger partial charge in [0.15, 0.2) is 0 Å². The Hall–Kier alpha value is -1.85. The first-order valence-corrected chi connectivity index (χ1v) is 8.54. The Kier molecular flexibility index (Phi) is 8.66. The van der Waals surface area contributed by atoms with E-state index in [0.717, 1.165) is 36.3 Å². The number of hydrogen-bond donors (Lipinski definition) is 1. The minimum absolute atomic E-state index is 0. The largest absolute Gasteiger partial charge is 0.361 e. The average Bonchev–Trinajstić information content (AvgIpc) is 3.09. The molecule has 2 atom stereocenters. The zero-order chi connectivity index (χ0) is 17.5. The predicted molar refractivity (Wildman–Crippen MR) is 103 cm³/mol. The summed E-state index contributed by atoms with van der Waals surface area (Å²) in [7, 11) is 1.81. The van der Waals surface area contributed by atoms with E-state index in [-0.39, 0.29) is 24.2 Å². The zero-order valence-corrected chi connectivity index (χ0v) is 16.0. The Labute approximate surface area is 156 Å². The lowest BCUT2D eigenvalue weighted by molar-refractivity contribution is -0.132. The fourth-order valence-corrected chi connectivity index (χ4v) is 2.53. The Balaban J connectivity index is 0.00000312. The number of carbonyl (C=O) groups excluding carboxylic acids is 1. The van der Waals surface area contributed by atoms with Crippen LogP contribution in [0.5, 0.6) is 0 Å². The van der Waals surface area contributed by atoms with Crippen molar-refractivity contribution in [2.45, 2.75) is 39.2 Å². The summed E-state index contributed by atoms with van der Waals surface area (Å²) >= 11 is 0. The molecule has 0 aliphatic carbocycles. The third-order valence-corrected chi connectivity index (χ3v) is 4.46. The third kappa shape index (κ3) is 5.87. The highest BCUT2D eigenvalue weighted by molar-refractivity contribution is 5.85. The minimum Gasteiger partial charge on any atom is -0.361 e. The summed E-state index contributed by atoms with van der Waals surface area (Å²) < 4.78 is 5.39. The highest BCUT2D eigenvalue weighted by Gasteiger charge is 2.22. The third-order valence-electron chi connectivity index (χ3n) is 4.46. The number of hydrogen-bond acceptors (Lipinski definition) is 4. The van der Waals surface area contributed by atoms with E-state index in [0.29, 0.717) is 6.54 Å². The maximum absolute atomic E-state index is 12.2. The Bertz CT molecular complexity index is 645. The Morgan fingerprint density at radius 2 is 2.00 bits per heavy atom. The number of nitrogens with two attached hydrogens (primary N) is 1. The molecule has 2 unspecified atom stereocenters. The SMILES string of the molecule is CCC(C)C(N)C(=O)N(C)CCCc1cc(-c2ccccc2)no1.Cl. The molecule has 25 heavy (non-hydrogen) atoms. The molecule has 138 valence electrons. The minimum atomic E-state index is -0.421. The summed E-state index contributed by atoms with van der Waals surface area (Å²) in [6, 6.07) is 11.5. The Morgan fingerprint density at radius 3 is 2.64 bits per heavy atom. The second kappa shape index (κ2) is 10.2. The van der Waals surface area contributed by atoms with E-state index in [2.05, 4.69) is 5.16 Å². The molecule has 0 fully saturated rings. The van der Waals surface area contributed by atoms with Gasteiger partial charge in [-0.2, -0.15) is 0 Å². The summed E-state index contributed by atoms with van der Waals surface area (Å²) in [6.45, 7) is 4.71. The number of benzene rings is 1. The molecule has 0 spiro atoms. The number of halogens is 1. The van der Waals surface area contributed by atoms with Gasteiger partial charge in [0.05, 0.1) is 6.04 Å². The molecule has 0 saturated heterocycles. The molecule has 0 aliphatic rings. The first-order chi connectivity index (χ1) is 11.5. The molecule has 1 amide bonds. The van der Waals surface area contributed by atoms with Gasteiger partial charge in [0.1, 0.15) is 11.5 Å². The van der Waals surface area contributed by atoms with Gasteiger partial charge in [-0.25, -0.2) is 0 Å². The monoisotopic (exact) mass is 365 g/mol. The number of amides is 1. The number of carbonyl (C=O) groups is 1. The molecule has 2 rings (SSSR count). The summed E-state index contributed by atoms with van der Waals surface area (Å²) in [4.78, 5) is 14.0. The molecule has 1 aromatic carbocycles. The molecule has 0 radical (unpaired) electrons. The second-order valence-electron chi connectivity index (χ2n) is 6.32. The van der Waals surface area contributed by atoms with E-state index in [4.69, 9.17) is 10.3 Å². The Morgan fingerprint density at radius 1 is 1.32 bits per heavy atom. The van der Waals surface area contributed by atoms with Gasteiger partial charge in [-0.05, 0) is 12.3 Å². The van der Waals surface area contributed by atoms with Crippen molar-refractivity contribution in [2.24, 2.45) is 11.7 Å². The normalized spacial score (nSPS) is 13.0. The molecular formula is C19H28ClN3O2. The lowest BCUT2D eigenvalue weighted by Crippen LogP contribution is -2.45. The van der Waals surface area contributed by atoms with Crippen LogP contribution >= 0.6 is 12.4 Å². The van der Waals surface area contributed by atoms with Gasteiger partial charge < -0.3 is 15.2 Å². The highest BCUT2D eigenvalue weighted by Crippen LogP contribution is 2.19. The maximum Gasteiger partial charge on any atom is 0.239 e. The van der Waals surface area contributed by atoms with Crippen molar-refractivity contribution in [3.8, 4) is 11.3 Å². The summed E-state index contributed by atoms with van der Waals surface area (Å²) in [5.74, 6) is 1.04. The van der Waals surface area contributed by atoms with Crippen molar-refractivity contribution in [2.75, 3.05) is 13.6 Å². The van der Waals surface area contributed by atoms with Gasteiger partial charge in [0.25, 0.3) is 0 Å². The highest BCUT2D eigenvalue weighted by atomic mass is 35.5. The van der Waals surface area contributed by atoms with Crippen molar-refractivity contribution in [1.82, 2.24) is 10.1 Å². The van der Waals surface area contributed by atoms with Crippen molar-refractivity contribution in [3.63, 3.8) is 0 Å². The molecular weight excluding hydrogens is 338 g/mol. The van der Waals surface area contributed by atoms with Crippen LogP contribution in [0.25, 0.3) is 11.3 Å². The predicted octanol–water partition coefficient (Wildman–Crippen LogP) is 3.53. The van der Waals surface area contributed by atoms with Crippen molar-refractivity contribution in [3.05, 3.63) is 42.2 Å². The van der Waals surface area contributed by atoms with Crippen molar-refractivity contribution in [1.29, 1.82) is 0 Å². The molecule has 0 aliphatic heterocycles. The maximum atomic E-state index is 12.2. The quantitative estimate of drug-likeness (QED) is 0.776. The van der Waals surface area contributed by atoms with Crippen LogP contribution < -0.4 is 5.73 Å². The number of nitrogens with zero attached hydrogens (tertiary/aromatic N) is 2. The topological polar surface area (TPSA) is 72.4 Å². The van der Waals surface area contributed by atoms with Gasteiger partial charge in [0, 0.05) is 31.6 Å². The molecule has 2 N–H and O–H groups in total. The fourth-order valence-electron chi connectivity index (χ4n) is 2.53. The standard InChI is InChI=1S/C19H27N3O2.ClH/c1-4-14(2)18(20)19(23)22(3)12-8-11-16-13-17(21-24-16)15-9-6-5-7-10-15;/h5-7,9-10,13-14,18H,4,8,11-12,20H2,1-3H3;1H. The van der Waals surface area contributed by atoms with Gasteiger partial charge >= 0.3 is 0 Å². The number of likely N-dealkylation sites (N-methyl/N-ethyl adjacent to an activating group) is 1. The van der Waals surface area contributed by atoms with Gasteiger partial charge in [-0.1, -0.05) is 55.8 Å². The zero-order valence-electron chi connectivity index (χ0n) is 15.1. The van der Waals surface area contributed by atoms with Crippen molar-refractivity contribution < 1.29 is 9.32 Å². The van der Waals surface area contributed by atoms with Crippen LogP contribution in [-0.2, 0) is 11.2 Å². The average molecular weight is 366 g/mol. The van der Waals surface area contributed by atoms with Crippen LogP contribution in [0.2, 0.25) is 0 Å². The van der Waals surface area contributed by atoms with E-state index in [1.807, 2.05) is 50.2 Å². The van der Waals surface area contributed by atoms with Crippen molar-refractivity contribution >= 4 is 18.3 Å². The van der Waals surface area contributed by atoms with E-state index in [1.54, 1.807) is 11.9 Å². The van der Waals surface area contributed by atoms with E-state index >= 15 is 0 Å². The van der Waals surface area contributed by atoms with Gasteiger partial charge in [-0.3, -0.25) is 4.79 Å². The van der Waals surface area contributed by atoms with Crippen LogP contribution in [0, 0.1) is 5.92 Å². The fraction of sp³-hybridized carbons (Fsp3) is 0.474. The van der Waals surface area contributed by atoms with Gasteiger partial charge in [0.2, 0.25) is 5.91 Å². The number of aromatic nitrogens is 1. The molecule has 1 aromatic heterocycles. The molecule has 5 nitrogen and oxygen atoms in total. The first kappa shape index (κ1) is 21.2. The molecule has 6 heteroatoms. The van der Waals surface area contributed by atoms with Crippen LogP contribution in [0.15, 0.2) is 40.9 Å². The van der Waals surface area contributed by atoms with Gasteiger partial charge in [-0.15, -0.1) is 12.4 Å². The van der Waals surface area contributed by atoms with E-state index in [9.17, 15) is 4.79 Å².